The van der Waals surface area contributed by atoms with Crippen LogP contribution < -0.4 is 5.73 Å². The lowest BCUT2D eigenvalue weighted by molar-refractivity contribution is 0.0557. The Morgan fingerprint density at radius 1 is 1.17 bits per heavy atom. The van der Waals surface area contributed by atoms with Crippen molar-refractivity contribution in [3.05, 3.63) is 35.9 Å². The molecule has 0 spiro atoms. The number of hydrogen-bond acceptors (Lipinski definition) is 2. The van der Waals surface area contributed by atoms with Crippen LogP contribution in [0, 0.1) is 11.8 Å². The van der Waals surface area contributed by atoms with Crippen molar-refractivity contribution in [2.24, 2.45) is 17.6 Å². The molecule has 96 valence electrons. The van der Waals surface area contributed by atoms with Gasteiger partial charge in [0.25, 0.3) is 0 Å². The van der Waals surface area contributed by atoms with Crippen molar-refractivity contribution in [3.63, 3.8) is 0 Å². The highest BCUT2D eigenvalue weighted by molar-refractivity contribution is 5.30. The number of rotatable bonds is 3. The van der Waals surface area contributed by atoms with Crippen LogP contribution in [0.15, 0.2) is 30.3 Å². The molecule has 1 saturated heterocycles. The molecule has 0 aromatic heterocycles. The molecule has 2 aliphatic carbocycles. The Morgan fingerprint density at radius 3 is 2.67 bits per heavy atom. The Kier molecular flexibility index (Phi) is 2.33. The largest absolute Gasteiger partial charge is 0.376 e. The minimum absolute atomic E-state index is 0.0400. The molecule has 3 aliphatic rings. The highest BCUT2D eigenvalue weighted by atomic mass is 16.5. The molecule has 1 heterocycles. The van der Waals surface area contributed by atoms with Gasteiger partial charge in [0, 0.05) is 12.1 Å². The minimum Gasteiger partial charge on any atom is -0.376 e. The van der Waals surface area contributed by atoms with E-state index in [1.165, 1.54) is 24.8 Å². The van der Waals surface area contributed by atoms with Crippen LogP contribution in [0.5, 0.6) is 0 Å². The van der Waals surface area contributed by atoms with E-state index in [-0.39, 0.29) is 5.54 Å². The molecule has 3 fully saturated rings. The number of ether oxygens (including phenoxy) is 1. The predicted octanol–water partition coefficient (Wildman–Crippen LogP) is 2.69. The smallest absolute Gasteiger partial charge is 0.0786 e. The first-order valence-electron chi connectivity index (χ1n) is 7.24. The van der Waals surface area contributed by atoms with Gasteiger partial charge >= 0.3 is 0 Å². The van der Waals surface area contributed by atoms with Crippen molar-refractivity contribution < 1.29 is 4.74 Å². The summed E-state index contributed by atoms with van der Waals surface area (Å²) in [4.78, 5) is 0. The van der Waals surface area contributed by atoms with E-state index in [0.29, 0.717) is 17.9 Å². The van der Waals surface area contributed by atoms with Crippen LogP contribution in [-0.4, -0.2) is 18.2 Å². The summed E-state index contributed by atoms with van der Waals surface area (Å²) in [6.07, 6.45) is 5.31. The summed E-state index contributed by atoms with van der Waals surface area (Å²) >= 11 is 0. The molecule has 2 heteroatoms. The van der Waals surface area contributed by atoms with Gasteiger partial charge < -0.3 is 10.5 Å². The normalized spacial score (nSPS) is 43.1. The molecule has 1 aliphatic heterocycles. The van der Waals surface area contributed by atoms with Gasteiger partial charge in [-0.15, -0.1) is 0 Å². The molecule has 0 amide bonds. The quantitative estimate of drug-likeness (QED) is 0.886. The molecule has 1 aromatic carbocycles. The summed E-state index contributed by atoms with van der Waals surface area (Å²) in [5, 5.41) is 0. The first-order valence-corrected chi connectivity index (χ1v) is 7.24. The minimum atomic E-state index is -0.0400. The zero-order valence-corrected chi connectivity index (χ0v) is 10.7. The molecule has 0 radical (unpaired) electrons. The summed E-state index contributed by atoms with van der Waals surface area (Å²) in [7, 11) is 0. The SMILES string of the molecule is NC1(C2CC2c2ccccc2)CCOC1C1CC1. The van der Waals surface area contributed by atoms with Crippen LogP contribution >= 0.6 is 0 Å². The first kappa shape index (κ1) is 11.0. The van der Waals surface area contributed by atoms with Gasteiger partial charge in [-0.1, -0.05) is 30.3 Å². The third kappa shape index (κ3) is 1.63. The maximum absolute atomic E-state index is 6.75. The van der Waals surface area contributed by atoms with Crippen molar-refractivity contribution >= 4 is 0 Å². The Morgan fingerprint density at radius 2 is 1.94 bits per heavy atom. The van der Waals surface area contributed by atoms with Gasteiger partial charge in [0.05, 0.1) is 6.10 Å². The van der Waals surface area contributed by atoms with Gasteiger partial charge in [0.1, 0.15) is 0 Å². The Balaban J connectivity index is 1.54. The Bertz CT molecular complexity index is 442. The number of hydrogen-bond donors (Lipinski definition) is 1. The average molecular weight is 243 g/mol. The maximum atomic E-state index is 6.75. The van der Waals surface area contributed by atoms with Gasteiger partial charge in [-0.2, -0.15) is 0 Å². The van der Waals surface area contributed by atoms with Crippen LogP contribution in [-0.2, 0) is 4.74 Å². The zero-order chi connectivity index (χ0) is 12.2. The molecular formula is C16H21NO. The Labute approximate surface area is 109 Å². The third-order valence-corrected chi connectivity index (χ3v) is 5.12. The van der Waals surface area contributed by atoms with Gasteiger partial charge in [-0.3, -0.25) is 0 Å². The number of nitrogens with two attached hydrogens (primary N) is 1. The molecule has 0 bridgehead atoms. The van der Waals surface area contributed by atoms with Crippen LogP contribution in [0.25, 0.3) is 0 Å². The van der Waals surface area contributed by atoms with Gasteiger partial charge in [0.2, 0.25) is 0 Å². The van der Waals surface area contributed by atoms with E-state index in [0.717, 1.165) is 18.9 Å². The highest BCUT2D eigenvalue weighted by Crippen LogP contribution is 2.58. The molecule has 18 heavy (non-hydrogen) atoms. The molecular weight excluding hydrogens is 222 g/mol. The summed E-state index contributed by atoms with van der Waals surface area (Å²) in [5.74, 6) is 2.08. The summed E-state index contributed by atoms with van der Waals surface area (Å²) < 4.78 is 5.95. The number of benzene rings is 1. The van der Waals surface area contributed by atoms with E-state index in [9.17, 15) is 0 Å². The van der Waals surface area contributed by atoms with Crippen LogP contribution in [0.1, 0.15) is 37.2 Å². The van der Waals surface area contributed by atoms with Crippen molar-refractivity contribution in [1.82, 2.24) is 0 Å². The van der Waals surface area contributed by atoms with E-state index in [1.807, 2.05) is 0 Å². The predicted molar refractivity (Wildman–Crippen MR) is 71.3 cm³/mol. The van der Waals surface area contributed by atoms with Gasteiger partial charge in [-0.05, 0) is 49.0 Å². The first-order chi connectivity index (χ1) is 8.79. The molecule has 4 unspecified atom stereocenters. The van der Waals surface area contributed by atoms with Crippen molar-refractivity contribution in [1.29, 1.82) is 0 Å². The monoisotopic (exact) mass is 243 g/mol. The second-order valence-corrected chi connectivity index (χ2v) is 6.35. The van der Waals surface area contributed by atoms with Crippen molar-refractivity contribution in [3.8, 4) is 0 Å². The fraction of sp³-hybridized carbons (Fsp3) is 0.625. The molecule has 4 rings (SSSR count). The topological polar surface area (TPSA) is 35.2 Å². The lowest BCUT2D eigenvalue weighted by atomic mass is 9.83. The average Bonchev–Trinajstić information content (AvgIpc) is 3.30. The van der Waals surface area contributed by atoms with Crippen molar-refractivity contribution in [2.45, 2.75) is 43.2 Å². The zero-order valence-electron chi connectivity index (χ0n) is 10.7. The molecule has 1 aromatic rings. The van der Waals surface area contributed by atoms with Crippen LogP contribution in [0.3, 0.4) is 0 Å². The maximum Gasteiger partial charge on any atom is 0.0786 e. The van der Waals surface area contributed by atoms with E-state index in [1.54, 1.807) is 0 Å². The standard InChI is InChI=1S/C16H21NO/c17-16(8-9-18-15(16)12-6-7-12)14-10-13(14)11-4-2-1-3-5-11/h1-5,12-15H,6-10,17H2. The summed E-state index contributed by atoms with van der Waals surface area (Å²) in [6.45, 7) is 0.871. The fourth-order valence-electron chi connectivity index (χ4n) is 3.89. The van der Waals surface area contributed by atoms with Crippen LogP contribution in [0.2, 0.25) is 0 Å². The van der Waals surface area contributed by atoms with Gasteiger partial charge in [-0.25, -0.2) is 0 Å². The van der Waals surface area contributed by atoms with Gasteiger partial charge in [0.15, 0.2) is 0 Å². The van der Waals surface area contributed by atoms with E-state index in [2.05, 4.69) is 30.3 Å². The second-order valence-electron chi connectivity index (χ2n) is 6.35. The molecule has 4 atom stereocenters. The lowest BCUT2D eigenvalue weighted by Crippen LogP contribution is -2.51. The fourth-order valence-corrected chi connectivity index (χ4v) is 3.89. The lowest BCUT2D eigenvalue weighted by Gasteiger charge is -2.31. The Hall–Kier alpha value is -0.860. The van der Waals surface area contributed by atoms with E-state index < -0.39 is 0 Å². The summed E-state index contributed by atoms with van der Waals surface area (Å²) in [6, 6.07) is 10.9. The molecule has 2 N–H and O–H groups in total. The van der Waals surface area contributed by atoms with Crippen molar-refractivity contribution in [2.75, 3.05) is 6.61 Å². The molecule has 2 nitrogen and oxygen atoms in total. The highest BCUT2D eigenvalue weighted by Gasteiger charge is 2.59. The third-order valence-electron chi connectivity index (χ3n) is 5.12. The van der Waals surface area contributed by atoms with E-state index >= 15 is 0 Å². The summed E-state index contributed by atoms with van der Waals surface area (Å²) in [5.41, 5.74) is 8.18. The second kappa shape index (κ2) is 3.82. The molecule has 2 saturated carbocycles. The van der Waals surface area contributed by atoms with E-state index in [4.69, 9.17) is 10.5 Å². The van der Waals surface area contributed by atoms with Crippen LogP contribution in [0.4, 0.5) is 0 Å².